The number of anilines is 1. The van der Waals surface area contributed by atoms with Crippen LogP contribution in [0, 0.1) is 0 Å². The molecule has 1 atom stereocenters. The van der Waals surface area contributed by atoms with Crippen LogP contribution in [0.1, 0.15) is 6.92 Å². The summed E-state index contributed by atoms with van der Waals surface area (Å²) in [4.78, 5) is 0.0513. The van der Waals surface area contributed by atoms with Crippen molar-refractivity contribution < 1.29 is 17.3 Å². The highest BCUT2D eigenvalue weighted by atomic mass is 32.2. The summed E-state index contributed by atoms with van der Waals surface area (Å²) in [6, 6.07) is 5.96. The molecule has 6 heteroatoms. The second-order valence-electron chi connectivity index (χ2n) is 3.39. The molecule has 0 amide bonds. The summed E-state index contributed by atoms with van der Waals surface area (Å²) in [5, 5.41) is 0. The van der Waals surface area contributed by atoms with Gasteiger partial charge in [-0.25, -0.2) is 0 Å². The molecule has 0 aliphatic rings. The van der Waals surface area contributed by atoms with Crippen molar-refractivity contribution in [2.24, 2.45) is 0 Å². The van der Waals surface area contributed by atoms with Crippen molar-refractivity contribution >= 4 is 15.8 Å². The lowest BCUT2D eigenvalue weighted by Crippen LogP contribution is -2.20. The van der Waals surface area contributed by atoms with E-state index in [0.29, 0.717) is 5.69 Å². The Hall–Kier alpha value is -1.11. The SMILES string of the molecule is COC[C@@H](C)OS(=O)(=O)c1cccc(N)c1. The highest BCUT2D eigenvalue weighted by Crippen LogP contribution is 2.16. The summed E-state index contributed by atoms with van der Waals surface area (Å²) in [5.41, 5.74) is 5.88. The molecule has 0 fully saturated rings. The first kappa shape index (κ1) is 13.0. The van der Waals surface area contributed by atoms with Gasteiger partial charge in [-0.2, -0.15) is 8.42 Å². The number of ether oxygens (including phenoxy) is 1. The molecule has 0 aliphatic carbocycles. The molecule has 5 nitrogen and oxygen atoms in total. The molecular formula is C10H15NO4S. The minimum absolute atomic E-state index is 0.0513. The van der Waals surface area contributed by atoms with Gasteiger partial charge in [0.25, 0.3) is 10.1 Å². The van der Waals surface area contributed by atoms with Gasteiger partial charge >= 0.3 is 0 Å². The Balaban J connectivity index is 2.86. The smallest absolute Gasteiger partial charge is 0.297 e. The van der Waals surface area contributed by atoms with Crippen molar-refractivity contribution in [1.82, 2.24) is 0 Å². The normalized spacial score (nSPS) is 13.6. The number of rotatable bonds is 5. The summed E-state index contributed by atoms with van der Waals surface area (Å²) in [6.07, 6.45) is -0.531. The van der Waals surface area contributed by atoms with E-state index in [4.69, 9.17) is 14.7 Å². The van der Waals surface area contributed by atoms with E-state index in [1.165, 1.54) is 19.2 Å². The van der Waals surface area contributed by atoms with Gasteiger partial charge in [0.15, 0.2) is 0 Å². The molecule has 0 saturated carbocycles. The van der Waals surface area contributed by atoms with E-state index >= 15 is 0 Å². The molecule has 0 spiro atoms. The van der Waals surface area contributed by atoms with Crippen LogP contribution in [0.15, 0.2) is 29.2 Å². The largest absolute Gasteiger partial charge is 0.399 e. The maximum Gasteiger partial charge on any atom is 0.297 e. The highest BCUT2D eigenvalue weighted by Gasteiger charge is 2.18. The van der Waals surface area contributed by atoms with Crippen molar-refractivity contribution in [3.8, 4) is 0 Å². The third-order valence-corrected chi connectivity index (χ3v) is 3.25. The predicted molar refractivity (Wildman–Crippen MR) is 60.5 cm³/mol. The number of hydrogen-bond donors (Lipinski definition) is 1. The van der Waals surface area contributed by atoms with Crippen molar-refractivity contribution in [1.29, 1.82) is 0 Å². The topological polar surface area (TPSA) is 78.6 Å². The van der Waals surface area contributed by atoms with Gasteiger partial charge in [0.05, 0.1) is 17.6 Å². The number of methoxy groups -OCH3 is 1. The molecule has 1 aromatic rings. The number of nitrogens with two attached hydrogens (primary N) is 1. The monoisotopic (exact) mass is 245 g/mol. The van der Waals surface area contributed by atoms with Gasteiger partial charge in [0.2, 0.25) is 0 Å². The fraction of sp³-hybridized carbons (Fsp3) is 0.400. The van der Waals surface area contributed by atoms with Gasteiger partial charge in [0.1, 0.15) is 0 Å². The minimum atomic E-state index is -3.76. The van der Waals surface area contributed by atoms with Crippen molar-refractivity contribution in [2.45, 2.75) is 17.9 Å². The quantitative estimate of drug-likeness (QED) is 0.618. The van der Waals surface area contributed by atoms with E-state index < -0.39 is 16.2 Å². The van der Waals surface area contributed by atoms with E-state index in [9.17, 15) is 8.42 Å². The van der Waals surface area contributed by atoms with Crippen LogP contribution in [0.4, 0.5) is 5.69 Å². The standard InChI is InChI=1S/C10H15NO4S/c1-8(7-14-2)15-16(12,13)10-5-3-4-9(11)6-10/h3-6,8H,7,11H2,1-2H3/t8-/m1/s1. The summed E-state index contributed by atoms with van der Waals surface area (Å²) in [6.45, 7) is 1.83. The Labute approximate surface area is 95.3 Å². The van der Waals surface area contributed by atoms with E-state index in [1.54, 1.807) is 19.1 Å². The van der Waals surface area contributed by atoms with Crippen molar-refractivity contribution in [3.63, 3.8) is 0 Å². The van der Waals surface area contributed by atoms with E-state index in [1.807, 2.05) is 0 Å². The van der Waals surface area contributed by atoms with E-state index in [-0.39, 0.29) is 11.5 Å². The third-order valence-electron chi connectivity index (χ3n) is 1.84. The van der Waals surface area contributed by atoms with Gasteiger partial charge < -0.3 is 10.5 Å². The summed E-state index contributed by atoms with van der Waals surface area (Å²) < 4.78 is 33.2. The lowest BCUT2D eigenvalue weighted by molar-refractivity contribution is 0.0962. The second kappa shape index (κ2) is 5.29. The van der Waals surface area contributed by atoms with Gasteiger partial charge in [-0.15, -0.1) is 0 Å². The maximum absolute atomic E-state index is 11.7. The molecule has 0 aromatic heterocycles. The third kappa shape index (κ3) is 3.48. The fourth-order valence-corrected chi connectivity index (χ4v) is 2.33. The second-order valence-corrected chi connectivity index (χ2v) is 4.96. The van der Waals surface area contributed by atoms with Crippen LogP contribution in [0.3, 0.4) is 0 Å². The summed E-state index contributed by atoms with van der Waals surface area (Å²) in [5.74, 6) is 0. The molecule has 0 bridgehead atoms. The zero-order valence-electron chi connectivity index (χ0n) is 9.21. The molecule has 0 aliphatic heterocycles. The molecule has 1 rings (SSSR count). The Bertz CT molecular complexity index is 444. The molecule has 2 N–H and O–H groups in total. The molecule has 1 aromatic carbocycles. The average molecular weight is 245 g/mol. The zero-order valence-corrected chi connectivity index (χ0v) is 10.0. The van der Waals surface area contributed by atoms with Crippen LogP contribution < -0.4 is 5.73 Å². The molecule has 0 radical (unpaired) electrons. The Morgan fingerprint density at radius 2 is 2.12 bits per heavy atom. The van der Waals surface area contributed by atoms with E-state index in [2.05, 4.69) is 0 Å². The van der Waals surface area contributed by atoms with Gasteiger partial charge in [-0.1, -0.05) is 6.07 Å². The molecule has 0 heterocycles. The predicted octanol–water partition coefficient (Wildman–Crippen LogP) is 1.01. The summed E-state index contributed by atoms with van der Waals surface area (Å²) >= 11 is 0. The molecule has 16 heavy (non-hydrogen) atoms. The summed E-state index contributed by atoms with van der Waals surface area (Å²) in [7, 11) is -2.29. The average Bonchev–Trinajstić information content (AvgIpc) is 2.17. The van der Waals surface area contributed by atoms with Crippen molar-refractivity contribution in [3.05, 3.63) is 24.3 Å². The highest BCUT2D eigenvalue weighted by molar-refractivity contribution is 7.86. The molecule has 0 saturated heterocycles. The Morgan fingerprint density at radius 1 is 1.44 bits per heavy atom. The van der Waals surface area contributed by atoms with Crippen LogP contribution >= 0.6 is 0 Å². The first-order chi connectivity index (χ1) is 7.45. The lowest BCUT2D eigenvalue weighted by atomic mass is 10.3. The number of nitrogen functional groups attached to an aromatic ring is 1. The van der Waals surface area contributed by atoms with Crippen LogP contribution in [0.5, 0.6) is 0 Å². The Morgan fingerprint density at radius 3 is 2.69 bits per heavy atom. The van der Waals surface area contributed by atoms with Crippen LogP contribution in [0.25, 0.3) is 0 Å². The zero-order chi connectivity index (χ0) is 12.2. The Kier molecular flexibility index (Phi) is 4.28. The van der Waals surface area contributed by atoms with E-state index in [0.717, 1.165) is 0 Å². The van der Waals surface area contributed by atoms with Crippen molar-refractivity contribution in [2.75, 3.05) is 19.5 Å². The molecule has 90 valence electrons. The van der Waals surface area contributed by atoms with Crippen LogP contribution in [0.2, 0.25) is 0 Å². The van der Waals surface area contributed by atoms with Crippen LogP contribution in [-0.2, 0) is 19.0 Å². The van der Waals surface area contributed by atoms with Gasteiger partial charge in [-0.05, 0) is 25.1 Å². The van der Waals surface area contributed by atoms with Gasteiger partial charge in [-0.3, -0.25) is 4.18 Å². The maximum atomic E-state index is 11.7. The number of hydrogen-bond acceptors (Lipinski definition) is 5. The minimum Gasteiger partial charge on any atom is -0.399 e. The fourth-order valence-electron chi connectivity index (χ4n) is 1.20. The number of benzene rings is 1. The first-order valence-corrected chi connectivity index (χ1v) is 6.14. The molecular weight excluding hydrogens is 230 g/mol. The lowest BCUT2D eigenvalue weighted by Gasteiger charge is -2.12. The molecule has 0 unspecified atom stereocenters. The van der Waals surface area contributed by atoms with Gasteiger partial charge in [0, 0.05) is 12.8 Å². The van der Waals surface area contributed by atoms with Crippen LogP contribution in [-0.4, -0.2) is 28.2 Å². The first-order valence-electron chi connectivity index (χ1n) is 4.73.